The van der Waals surface area contributed by atoms with Gasteiger partial charge in [-0.3, -0.25) is 4.99 Å². The van der Waals surface area contributed by atoms with E-state index in [-0.39, 0.29) is 11.1 Å². The summed E-state index contributed by atoms with van der Waals surface area (Å²) in [4.78, 5) is 4.89. The molecule has 0 amide bonds. The molecule has 1 heterocycles. The lowest BCUT2D eigenvalue weighted by atomic mass is 9.80. The van der Waals surface area contributed by atoms with Gasteiger partial charge in [0.25, 0.3) is 0 Å². The van der Waals surface area contributed by atoms with Crippen molar-refractivity contribution in [2.24, 2.45) is 4.99 Å². The summed E-state index contributed by atoms with van der Waals surface area (Å²) >= 11 is 0. The van der Waals surface area contributed by atoms with Crippen molar-refractivity contribution in [3.05, 3.63) is 48.6 Å². The summed E-state index contributed by atoms with van der Waals surface area (Å²) in [6.45, 7) is 10.5. The van der Waals surface area contributed by atoms with Crippen molar-refractivity contribution in [2.75, 3.05) is 0 Å². The number of aliphatic imine (C=N–C) groups is 1. The van der Waals surface area contributed by atoms with Crippen LogP contribution in [0.3, 0.4) is 0 Å². The summed E-state index contributed by atoms with van der Waals surface area (Å²) in [6, 6.07) is 10.5. The zero-order valence-corrected chi connectivity index (χ0v) is 11.5. The van der Waals surface area contributed by atoms with E-state index in [2.05, 4.69) is 56.9 Å². The molecule has 1 aromatic rings. The van der Waals surface area contributed by atoms with Gasteiger partial charge in [-0.1, -0.05) is 36.4 Å². The Morgan fingerprint density at radius 2 is 1.89 bits per heavy atom. The molecule has 1 aliphatic heterocycles. The molecule has 0 radical (unpaired) electrons. The lowest BCUT2D eigenvalue weighted by molar-refractivity contribution is 0.287. The van der Waals surface area contributed by atoms with Gasteiger partial charge in [0.15, 0.2) is 0 Å². The van der Waals surface area contributed by atoms with E-state index in [1.54, 1.807) is 0 Å². The lowest BCUT2D eigenvalue weighted by Gasteiger charge is -2.35. The highest BCUT2D eigenvalue weighted by Crippen LogP contribution is 2.34. The Labute approximate surface area is 110 Å². The maximum Gasteiger partial charge on any atom is 0.102 e. The number of rotatable bonds is 4. The van der Waals surface area contributed by atoms with Crippen LogP contribution in [0, 0.1) is 0 Å². The molecule has 96 valence electrons. The Hall–Kier alpha value is -1.57. The van der Waals surface area contributed by atoms with Crippen molar-refractivity contribution >= 4 is 5.84 Å². The monoisotopic (exact) mass is 242 g/mol. The summed E-state index contributed by atoms with van der Waals surface area (Å²) in [5, 5.41) is 3.56. The third-order valence-corrected chi connectivity index (χ3v) is 3.94. The lowest BCUT2D eigenvalue weighted by Crippen LogP contribution is -2.51. The minimum Gasteiger partial charge on any atom is -0.366 e. The van der Waals surface area contributed by atoms with E-state index in [1.807, 2.05) is 12.1 Å². The highest BCUT2D eigenvalue weighted by molar-refractivity contribution is 5.87. The maximum atomic E-state index is 4.89. The van der Waals surface area contributed by atoms with Crippen LogP contribution in [0.25, 0.3) is 0 Å². The highest BCUT2D eigenvalue weighted by atomic mass is 15.2. The van der Waals surface area contributed by atoms with E-state index in [9.17, 15) is 0 Å². The predicted octanol–water partition coefficient (Wildman–Crippen LogP) is 3.34. The first-order valence-electron chi connectivity index (χ1n) is 6.49. The van der Waals surface area contributed by atoms with E-state index in [4.69, 9.17) is 4.99 Å². The van der Waals surface area contributed by atoms with Crippen LogP contribution in [-0.2, 0) is 6.42 Å². The van der Waals surface area contributed by atoms with E-state index < -0.39 is 0 Å². The van der Waals surface area contributed by atoms with Gasteiger partial charge in [0.2, 0.25) is 0 Å². The SMILES string of the molecule is C=CCC1(C)N=C(Cc2ccccc2)NC1(C)C. The summed E-state index contributed by atoms with van der Waals surface area (Å²) in [5.41, 5.74) is 1.17. The molecule has 0 saturated heterocycles. The molecule has 1 N–H and O–H groups in total. The molecule has 18 heavy (non-hydrogen) atoms. The van der Waals surface area contributed by atoms with Crippen molar-refractivity contribution in [1.82, 2.24) is 5.32 Å². The number of hydrogen-bond acceptors (Lipinski definition) is 2. The van der Waals surface area contributed by atoms with Crippen molar-refractivity contribution < 1.29 is 0 Å². The molecule has 1 aliphatic rings. The van der Waals surface area contributed by atoms with E-state index in [0.717, 1.165) is 18.7 Å². The fourth-order valence-electron chi connectivity index (χ4n) is 2.42. The van der Waals surface area contributed by atoms with Crippen molar-refractivity contribution in [2.45, 2.75) is 44.7 Å². The fraction of sp³-hybridized carbons (Fsp3) is 0.438. The third-order valence-electron chi connectivity index (χ3n) is 3.94. The van der Waals surface area contributed by atoms with Crippen molar-refractivity contribution in [3.63, 3.8) is 0 Å². The molecule has 1 unspecified atom stereocenters. The largest absolute Gasteiger partial charge is 0.366 e. The van der Waals surface area contributed by atoms with Crippen LogP contribution in [0.5, 0.6) is 0 Å². The van der Waals surface area contributed by atoms with Crippen LogP contribution in [0.1, 0.15) is 32.8 Å². The van der Waals surface area contributed by atoms with Crippen molar-refractivity contribution in [3.8, 4) is 0 Å². The molecule has 0 spiro atoms. The highest BCUT2D eigenvalue weighted by Gasteiger charge is 2.45. The molecule has 0 aliphatic carbocycles. The van der Waals surface area contributed by atoms with Gasteiger partial charge in [-0.25, -0.2) is 0 Å². The van der Waals surface area contributed by atoms with Crippen LogP contribution in [0.2, 0.25) is 0 Å². The molecule has 0 saturated carbocycles. The number of amidine groups is 1. The molecule has 1 atom stereocenters. The second kappa shape index (κ2) is 4.60. The number of hydrogen-bond donors (Lipinski definition) is 1. The molecule has 2 nitrogen and oxygen atoms in total. The van der Waals surface area contributed by atoms with Gasteiger partial charge in [0.05, 0.1) is 11.1 Å². The first-order valence-corrected chi connectivity index (χ1v) is 6.49. The molecule has 2 heteroatoms. The quantitative estimate of drug-likeness (QED) is 0.805. The Morgan fingerprint density at radius 1 is 1.22 bits per heavy atom. The van der Waals surface area contributed by atoms with Crippen LogP contribution >= 0.6 is 0 Å². The average Bonchev–Trinajstić information content (AvgIpc) is 2.50. The zero-order valence-electron chi connectivity index (χ0n) is 11.5. The predicted molar refractivity (Wildman–Crippen MR) is 78.0 cm³/mol. The summed E-state index contributed by atoms with van der Waals surface area (Å²) < 4.78 is 0. The Bertz CT molecular complexity index is 459. The molecular weight excluding hydrogens is 220 g/mol. The minimum absolute atomic E-state index is 0.0225. The molecule has 0 fully saturated rings. The Balaban J connectivity index is 2.19. The fourth-order valence-corrected chi connectivity index (χ4v) is 2.42. The average molecular weight is 242 g/mol. The maximum absolute atomic E-state index is 4.89. The summed E-state index contributed by atoms with van der Waals surface area (Å²) in [5.74, 6) is 1.08. The first kappa shape index (κ1) is 12.9. The molecular formula is C16H22N2. The standard InChI is InChI=1S/C16H22N2/c1-5-11-16(4)15(2,3)17-14(18-16)12-13-9-7-6-8-10-13/h5-10H,1,11-12H2,2-4H3,(H,17,18). The Morgan fingerprint density at radius 3 is 2.50 bits per heavy atom. The van der Waals surface area contributed by atoms with Gasteiger partial charge >= 0.3 is 0 Å². The van der Waals surface area contributed by atoms with Gasteiger partial charge in [-0.15, -0.1) is 6.58 Å². The smallest absolute Gasteiger partial charge is 0.102 e. The molecule has 0 aromatic heterocycles. The van der Waals surface area contributed by atoms with Crippen LogP contribution in [0.4, 0.5) is 0 Å². The normalized spacial score (nSPS) is 25.4. The van der Waals surface area contributed by atoms with Crippen LogP contribution < -0.4 is 5.32 Å². The third kappa shape index (κ3) is 2.33. The van der Waals surface area contributed by atoms with Crippen LogP contribution in [0.15, 0.2) is 48.0 Å². The van der Waals surface area contributed by atoms with Gasteiger partial charge < -0.3 is 5.32 Å². The van der Waals surface area contributed by atoms with E-state index in [0.29, 0.717) is 0 Å². The van der Waals surface area contributed by atoms with E-state index in [1.165, 1.54) is 5.56 Å². The minimum atomic E-state index is -0.0983. The van der Waals surface area contributed by atoms with Crippen LogP contribution in [-0.4, -0.2) is 16.9 Å². The zero-order chi connectivity index (χ0) is 13.2. The summed E-state index contributed by atoms with van der Waals surface area (Å²) in [7, 11) is 0. The summed E-state index contributed by atoms with van der Waals surface area (Å²) in [6.07, 6.45) is 3.72. The molecule has 0 bridgehead atoms. The second-order valence-electron chi connectivity index (χ2n) is 5.74. The van der Waals surface area contributed by atoms with Gasteiger partial charge in [0, 0.05) is 6.42 Å². The first-order chi connectivity index (χ1) is 8.47. The van der Waals surface area contributed by atoms with E-state index >= 15 is 0 Å². The number of nitrogens with zero attached hydrogens (tertiary/aromatic N) is 1. The number of benzene rings is 1. The van der Waals surface area contributed by atoms with Gasteiger partial charge in [-0.05, 0) is 32.8 Å². The Kier molecular flexibility index (Phi) is 3.29. The van der Waals surface area contributed by atoms with Gasteiger partial charge in [0.1, 0.15) is 5.84 Å². The topological polar surface area (TPSA) is 24.4 Å². The second-order valence-corrected chi connectivity index (χ2v) is 5.74. The molecule has 1 aromatic carbocycles. The molecule has 2 rings (SSSR count). The van der Waals surface area contributed by atoms with Crippen molar-refractivity contribution in [1.29, 1.82) is 0 Å². The number of nitrogens with one attached hydrogen (secondary N) is 1. The van der Waals surface area contributed by atoms with Gasteiger partial charge in [-0.2, -0.15) is 0 Å².